The van der Waals surface area contributed by atoms with Crippen LogP contribution in [-0.2, 0) is 11.2 Å². The number of unbranched alkanes of at least 4 members (excludes halogenated alkanes) is 11. The summed E-state index contributed by atoms with van der Waals surface area (Å²) in [7, 11) is 0. The van der Waals surface area contributed by atoms with Crippen LogP contribution in [0.15, 0.2) is 24.3 Å². The summed E-state index contributed by atoms with van der Waals surface area (Å²) in [6.45, 7) is 4.47. The molecule has 1 aromatic rings. The summed E-state index contributed by atoms with van der Waals surface area (Å²) in [5.74, 6) is 2.22. The van der Waals surface area contributed by atoms with Crippen LogP contribution in [0.5, 0.6) is 5.75 Å². The van der Waals surface area contributed by atoms with Crippen molar-refractivity contribution in [3.8, 4) is 5.75 Å². The SMILES string of the molecule is CCCCCCCC/C=C/CCCCCCCC(=O)c1cc(O)cc2c1C1CCC3(C)C(=O)CCC3C1CC2. The number of ketones is 2. The van der Waals surface area contributed by atoms with Crippen LogP contribution in [0.4, 0.5) is 0 Å². The molecule has 3 heteroatoms. The Morgan fingerprint density at radius 2 is 1.56 bits per heavy atom. The summed E-state index contributed by atoms with van der Waals surface area (Å²) < 4.78 is 0. The van der Waals surface area contributed by atoms with E-state index in [1.54, 1.807) is 6.07 Å². The summed E-state index contributed by atoms with van der Waals surface area (Å²) in [6, 6.07) is 3.65. The number of phenols is 1. The lowest BCUT2D eigenvalue weighted by molar-refractivity contribution is -0.129. The second-order valence-corrected chi connectivity index (χ2v) is 13.2. The van der Waals surface area contributed by atoms with Gasteiger partial charge in [-0.25, -0.2) is 0 Å². The van der Waals surface area contributed by atoms with Gasteiger partial charge < -0.3 is 5.11 Å². The lowest BCUT2D eigenvalue weighted by atomic mass is 9.55. The second-order valence-electron chi connectivity index (χ2n) is 13.2. The molecule has 0 bridgehead atoms. The molecule has 0 heterocycles. The smallest absolute Gasteiger partial charge is 0.163 e. The number of allylic oxidation sites excluding steroid dienone is 2. The fourth-order valence-corrected chi connectivity index (χ4v) is 8.20. The molecule has 39 heavy (non-hydrogen) atoms. The van der Waals surface area contributed by atoms with Crippen LogP contribution in [0, 0.1) is 17.3 Å². The molecule has 0 aromatic heterocycles. The summed E-state index contributed by atoms with van der Waals surface area (Å²) >= 11 is 0. The van der Waals surface area contributed by atoms with Crippen LogP contribution in [0.25, 0.3) is 0 Å². The van der Waals surface area contributed by atoms with Crippen LogP contribution < -0.4 is 0 Å². The lowest BCUT2D eigenvalue weighted by Gasteiger charge is -2.48. The minimum atomic E-state index is -0.149. The molecule has 2 fully saturated rings. The Labute approximate surface area is 238 Å². The molecule has 2 saturated carbocycles. The predicted molar refractivity (Wildman–Crippen MR) is 162 cm³/mol. The van der Waals surface area contributed by atoms with Gasteiger partial charge in [-0.05, 0) is 105 Å². The Hall–Kier alpha value is -1.90. The molecular formula is C36H54O3. The first-order valence-electron chi connectivity index (χ1n) is 16.5. The standard InChI is InChI=1S/C36H54O3/c1-3-4-5-6-7-8-9-10-11-12-13-14-15-16-17-18-33(38)31-26-28(37)25-27-19-20-29-30(35(27)31)23-24-36(2)32(29)21-22-34(36)39/h10-11,25-26,29-30,32,37H,3-9,12-24H2,1-2H3/b11-10+. The number of carbonyl (C=O) groups is 2. The minimum absolute atomic E-state index is 0.149. The Bertz CT molecular complexity index is 991. The maximum Gasteiger partial charge on any atom is 0.163 e. The quantitative estimate of drug-likeness (QED) is 0.130. The highest BCUT2D eigenvalue weighted by Crippen LogP contribution is 2.60. The van der Waals surface area contributed by atoms with Gasteiger partial charge in [0.15, 0.2) is 5.78 Å². The number of hydrogen-bond acceptors (Lipinski definition) is 3. The van der Waals surface area contributed by atoms with Crippen molar-refractivity contribution in [2.75, 3.05) is 0 Å². The fraction of sp³-hybridized carbons (Fsp3) is 0.722. The molecule has 0 radical (unpaired) electrons. The Kier molecular flexibility index (Phi) is 11.3. The van der Waals surface area contributed by atoms with E-state index in [0.29, 0.717) is 30.0 Å². The largest absolute Gasteiger partial charge is 0.508 e. The van der Waals surface area contributed by atoms with Gasteiger partial charge in [0.2, 0.25) is 0 Å². The first-order valence-corrected chi connectivity index (χ1v) is 16.5. The summed E-state index contributed by atoms with van der Waals surface area (Å²) in [6.07, 6.45) is 27.3. The molecule has 3 nitrogen and oxygen atoms in total. The predicted octanol–water partition coefficient (Wildman–Crippen LogP) is 10.0. The number of phenolic OH excluding ortho intramolecular Hbond substituents is 1. The highest BCUT2D eigenvalue weighted by molar-refractivity contribution is 5.98. The highest BCUT2D eigenvalue weighted by atomic mass is 16.3. The molecule has 3 aliphatic rings. The number of hydrogen-bond donors (Lipinski definition) is 1. The van der Waals surface area contributed by atoms with Crippen LogP contribution in [0.1, 0.15) is 163 Å². The molecule has 0 aliphatic heterocycles. The highest BCUT2D eigenvalue weighted by Gasteiger charge is 2.55. The van der Waals surface area contributed by atoms with Gasteiger partial charge in [0.1, 0.15) is 11.5 Å². The first kappa shape index (κ1) is 30.1. The van der Waals surface area contributed by atoms with Crippen molar-refractivity contribution < 1.29 is 14.7 Å². The molecule has 1 aromatic carbocycles. The molecule has 4 atom stereocenters. The third kappa shape index (κ3) is 7.44. The van der Waals surface area contributed by atoms with E-state index in [1.807, 2.05) is 6.07 Å². The molecule has 0 saturated heterocycles. The van der Waals surface area contributed by atoms with Gasteiger partial charge in [0.25, 0.3) is 0 Å². The third-order valence-electron chi connectivity index (χ3n) is 10.5. The maximum atomic E-state index is 13.4. The van der Waals surface area contributed by atoms with Crippen LogP contribution in [0.2, 0.25) is 0 Å². The van der Waals surface area contributed by atoms with Crippen molar-refractivity contribution in [3.63, 3.8) is 0 Å². The Morgan fingerprint density at radius 3 is 2.28 bits per heavy atom. The van der Waals surface area contributed by atoms with E-state index in [-0.39, 0.29) is 16.9 Å². The summed E-state index contributed by atoms with van der Waals surface area (Å²) in [5, 5.41) is 10.4. The summed E-state index contributed by atoms with van der Waals surface area (Å²) in [4.78, 5) is 26.1. The Morgan fingerprint density at radius 1 is 0.897 bits per heavy atom. The van der Waals surface area contributed by atoms with E-state index < -0.39 is 0 Å². The topological polar surface area (TPSA) is 54.4 Å². The van der Waals surface area contributed by atoms with E-state index >= 15 is 0 Å². The van der Waals surface area contributed by atoms with Crippen molar-refractivity contribution >= 4 is 11.6 Å². The fourth-order valence-electron chi connectivity index (χ4n) is 8.20. The number of benzene rings is 1. The average Bonchev–Trinajstić information content (AvgIpc) is 3.24. The molecular weight excluding hydrogens is 480 g/mol. The number of rotatable bonds is 16. The molecule has 1 N–H and O–H groups in total. The van der Waals surface area contributed by atoms with Crippen LogP contribution in [0.3, 0.4) is 0 Å². The lowest BCUT2D eigenvalue weighted by Crippen LogP contribution is -2.42. The third-order valence-corrected chi connectivity index (χ3v) is 10.5. The molecule has 216 valence electrons. The molecule has 4 unspecified atom stereocenters. The normalized spacial score (nSPS) is 26.0. The maximum absolute atomic E-state index is 13.4. The number of fused-ring (bicyclic) bond motifs is 5. The van der Waals surface area contributed by atoms with Crippen molar-refractivity contribution in [1.82, 2.24) is 0 Å². The van der Waals surface area contributed by atoms with E-state index in [0.717, 1.165) is 56.9 Å². The van der Waals surface area contributed by atoms with Crippen LogP contribution in [-0.4, -0.2) is 16.7 Å². The second kappa shape index (κ2) is 14.6. The van der Waals surface area contributed by atoms with E-state index in [4.69, 9.17) is 0 Å². The van der Waals surface area contributed by atoms with Gasteiger partial charge in [0.05, 0.1) is 0 Å². The zero-order valence-electron chi connectivity index (χ0n) is 24.9. The van der Waals surface area contributed by atoms with Gasteiger partial charge in [-0.15, -0.1) is 0 Å². The molecule has 0 amide bonds. The number of carbonyl (C=O) groups excluding carboxylic acids is 2. The zero-order valence-corrected chi connectivity index (χ0v) is 24.9. The van der Waals surface area contributed by atoms with Gasteiger partial charge in [-0.3, -0.25) is 9.59 Å². The Balaban J connectivity index is 1.19. The van der Waals surface area contributed by atoms with E-state index in [1.165, 1.54) is 81.8 Å². The van der Waals surface area contributed by atoms with Gasteiger partial charge in [-0.2, -0.15) is 0 Å². The van der Waals surface area contributed by atoms with Crippen molar-refractivity contribution in [2.45, 2.75) is 148 Å². The molecule has 0 spiro atoms. The van der Waals surface area contributed by atoms with Crippen molar-refractivity contribution in [1.29, 1.82) is 0 Å². The summed E-state index contributed by atoms with van der Waals surface area (Å²) in [5.41, 5.74) is 3.03. The number of aryl methyl sites for hydroxylation is 1. The number of aromatic hydroxyl groups is 1. The monoisotopic (exact) mass is 534 g/mol. The van der Waals surface area contributed by atoms with Crippen molar-refractivity contribution in [3.05, 3.63) is 41.0 Å². The van der Waals surface area contributed by atoms with E-state index in [9.17, 15) is 14.7 Å². The van der Waals surface area contributed by atoms with E-state index in [2.05, 4.69) is 26.0 Å². The average molecular weight is 535 g/mol. The molecule has 4 rings (SSSR count). The first-order chi connectivity index (χ1) is 19.0. The minimum Gasteiger partial charge on any atom is -0.508 e. The molecule has 3 aliphatic carbocycles. The van der Waals surface area contributed by atoms with Crippen LogP contribution >= 0.6 is 0 Å². The zero-order chi connectivity index (χ0) is 27.7. The van der Waals surface area contributed by atoms with Crippen molar-refractivity contribution in [2.24, 2.45) is 17.3 Å². The number of Topliss-reactive ketones (excluding diaryl/α,β-unsaturated/α-hetero) is 2. The van der Waals surface area contributed by atoms with Gasteiger partial charge >= 0.3 is 0 Å². The van der Waals surface area contributed by atoms with Gasteiger partial charge in [0, 0.05) is 23.8 Å². The van der Waals surface area contributed by atoms with Gasteiger partial charge in [-0.1, -0.05) is 77.4 Å².